The quantitative estimate of drug-likeness (QED) is 0.552. The molecule has 1 saturated heterocycles. The highest BCUT2D eigenvalue weighted by molar-refractivity contribution is 7.92. The van der Waals surface area contributed by atoms with Crippen molar-refractivity contribution in [2.75, 3.05) is 29.8 Å². The summed E-state index contributed by atoms with van der Waals surface area (Å²) in [5, 5.41) is 1.57. The van der Waals surface area contributed by atoms with Crippen molar-refractivity contribution < 1.29 is 12.8 Å². The first-order valence-corrected chi connectivity index (χ1v) is 13.5. The molecule has 1 aliphatic heterocycles. The molecular formula is C24H27FN4O2S2. The van der Waals surface area contributed by atoms with E-state index in [1.54, 1.807) is 18.4 Å². The molecule has 1 fully saturated rings. The summed E-state index contributed by atoms with van der Waals surface area (Å²) >= 11 is 1.27. The fourth-order valence-corrected chi connectivity index (χ4v) is 6.86. The van der Waals surface area contributed by atoms with Crippen molar-refractivity contribution in [2.24, 2.45) is 0 Å². The molecule has 9 heteroatoms. The zero-order chi connectivity index (χ0) is 23.2. The highest BCUT2D eigenvalue weighted by Crippen LogP contribution is 2.39. The molecule has 33 heavy (non-hydrogen) atoms. The van der Waals surface area contributed by atoms with Crippen LogP contribution in [0, 0.1) is 12.7 Å². The van der Waals surface area contributed by atoms with Gasteiger partial charge in [-0.3, -0.25) is 9.62 Å². The van der Waals surface area contributed by atoms with Crippen molar-refractivity contribution in [2.45, 2.75) is 43.2 Å². The Hall–Kier alpha value is -2.49. The minimum Gasteiger partial charge on any atom is -0.370 e. The standard InChI is InChI=1S/C24H27FN4O2S2/c1-16-20(9-10-22(24(16)25)33(30,31)27-23-14-32-15-26-23)28(2)18-11-12-29(13-18)21-8-7-17-5-3-4-6-19(17)21/h3-6,9-10,14-15,18,21,27H,7-8,11-13H2,1-2H3/t18-,21-/m0/s1. The number of likely N-dealkylation sites (tertiary alicyclic amines) is 1. The van der Waals surface area contributed by atoms with Crippen LogP contribution in [0.3, 0.4) is 0 Å². The minimum atomic E-state index is -4.05. The molecule has 0 spiro atoms. The predicted octanol–water partition coefficient (Wildman–Crippen LogP) is 4.59. The average Bonchev–Trinajstić information content (AvgIpc) is 3.55. The Bertz CT molecular complexity index is 1260. The molecule has 6 nitrogen and oxygen atoms in total. The molecule has 2 atom stereocenters. The highest BCUT2D eigenvalue weighted by Gasteiger charge is 2.35. The van der Waals surface area contributed by atoms with Crippen LogP contribution in [-0.2, 0) is 16.4 Å². The topological polar surface area (TPSA) is 65.5 Å². The maximum Gasteiger partial charge on any atom is 0.266 e. The Morgan fingerprint density at radius 3 is 2.82 bits per heavy atom. The average molecular weight is 487 g/mol. The molecule has 2 aliphatic rings. The molecule has 1 aromatic heterocycles. The maximum absolute atomic E-state index is 15.2. The molecule has 1 aliphatic carbocycles. The molecule has 2 aromatic carbocycles. The lowest BCUT2D eigenvalue weighted by molar-refractivity contribution is 0.242. The summed E-state index contributed by atoms with van der Waals surface area (Å²) in [6.45, 7) is 3.55. The van der Waals surface area contributed by atoms with E-state index in [0.717, 1.165) is 38.0 Å². The summed E-state index contributed by atoms with van der Waals surface area (Å²) in [5.41, 5.74) is 5.46. The molecule has 0 amide bonds. The van der Waals surface area contributed by atoms with Gasteiger partial charge in [-0.1, -0.05) is 24.3 Å². The zero-order valence-corrected chi connectivity index (χ0v) is 20.3. The summed E-state index contributed by atoms with van der Waals surface area (Å²) in [7, 11) is -2.08. The zero-order valence-electron chi connectivity index (χ0n) is 18.7. The minimum absolute atomic E-state index is 0.192. The van der Waals surface area contributed by atoms with Crippen LogP contribution >= 0.6 is 11.3 Å². The van der Waals surface area contributed by atoms with E-state index < -0.39 is 15.8 Å². The fourth-order valence-electron chi connectivity index (χ4n) is 5.17. The normalized spacial score (nSPS) is 20.7. The first kappa shape index (κ1) is 22.3. The van der Waals surface area contributed by atoms with Crippen LogP contribution < -0.4 is 9.62 Å². The molecule has 174 valence electrons. The molecule has 1 N–H and O–H groups in total. The van der Waals surface area contributed by atoms with Gasteiger partial charge in [0.2, 0.25) is 0 Å². The Morgan fingerprint density at radius 1 is 1.21 bits per heavy atom. The number of benzene rings is 2. The van der Waals surface area contributed by atoms with Gasteiger partial charge in [-0.15, -0.1) is 11.3 Å². The third kappa shape index (κ3) is 4.13. The van der Waals surface area contributed by atoms with Gasteiger partial charge in [0, 0.05) is 48.9 Å². The number of aromatic nitrogens is 1. The lowest BCUT2D eigenvalue weighted by Crippen LogP contribution is -2.36. The first-order chi connectivity index (χ1) is 15.8. The number of thiazole rings is 1. The lowest BCUT2D eigenvalue weighted by atomic mass is 10.1. The number of anilines is 2. The van der Waals surface area contributed by atoms with E-state index in [2.05, 4.69) is 43.8 Å². The van der Waals surface area contributed by atoms with Gasteiger partial charge in [0.1, 0.15) is 10.7 Å². The number of hydrogen-bond acceptors (Lipinski definition) is 6. The molecular weight excluding hydrogens is 459 g/mol. The summed E-state index contributed by atoms with van der Waals surface area (Å²) in [6, 6.07) is 12.4. The maximum atomic E-state index is 15.2. The Kier molecular flexibility index (Phi) is 5.88. The smallest absolute Gasteiger partial charge is 0.266 e. The second kappa shape index (κ2) is 8.70. The number of halogens is 1. The van der Waals surface area contributed by atoms with Gasteiger partial charge >= 0.3 is 0 Å². The van der Waals surface area contributed by atoms with Crippen molar-refractivity contribution in [3.8, 4) is 0 Å². The van der Waals surface area contributed by atoms with Crippen molar-refractivity contribution in [1.29, 1.82) is 0 Å². The number of aryl methyl sites for hydroxylation is 1. The molecule has 0 radical (unpaired) electrons. The molecule has 5 rings (SSSR count). The third-order valence-corrected chi connectivity index (χ3v) is 8.91. The number of fused-ring (bicyclic) bond motifs is 1. The van der Waals surface area contributed by atoms with E-state index in [-0.39, 0.29) is 16.8 Å². The third-order valence-electron chi connectivity index (χ3n) is 6.95. The summed E-state index contributed by atoms with van der Waals surface area (Å²) in [6.07, 6.45) is 3.25. The van der Waals surface area contributed by atoms with Crippen LogP contribution in [0.4, 0.5) is 15.9 Å². The first-order valence-electron chi connectivity index (χ1n) is 11.1. The second-order valence-corrected chi connectivity index (χ2v) is 11.2. The molecule has 0 unspecified atom stereocenters. The number of likely N-dealkylation sites (N-methyl/N-ethyl adjacent to an activating group) is 1. The fraction of sp³-hybridized carbons (Fsp3) is 0.375. The Balaban J connectivity index is 1.33. The van der Waals surface area contributed by atoms with Crippen LogP contribution in [-0.4, -0.2) is 44.5 Å². The highest BCUT2D eigenvalue weighted by atomic mass is 32.2. The Morgan fingerprint density at radius 2 is 2.03 bits per heavy atom. The number of sulfonamides is 1. The molecule has 2 heterocycles. The van der Waals surface area contributed by atoms with Crippen LogP contribution in [0.25, 0.3) is 0 Å². The van der Waals surface area contributed by atoms with Crippen molar-refractivity contribution in [3.63, 3.8) is 0 Å². The molecule has 3 aromatic rings. The van der Waals surface area contributed by atoms with E-state index in [0.29, 0.717) is 11.6 Å². The van der Waals surface area contributed by atoms with Gasteiger partial charge in [-0.25, -0.2) is 17.8 Å². The van der Waals surface area contributed by atoms with Crippen molar-refractivity contribution >= 4 is 32.9 Å². The number of hydrogen-bond donors (Lipinski definition) is 1. The number of nitrogens with one attached hydrogen (secondary N) is 1. The van der Waals surface area contributed by atoms with Gasteiger partial charge in [0.15, 0.2) is 5.82 Å². The van der Waals surface area contributed by atoms with Gasteiger partial charge in [0.05, 0.1) is 5.51 Å². The summed E-state index contributed by atoms with van der Waals surface area (Å²) in [5.74, 6) is -0.528. The van der Waals surface area contributed by atoms with Gasteiger partial charge in [-0.05, 0) is 49.4 Å². The van der Waals surface area contributed by atoms with Crippen LogP contribution in [0.15, 0.2) is 52.2 Å². The van der Waals surface area contributed by atoms with Crippen LogP contribution in [0.1, 0.15) is 35.6 Å². The van der Waals surface area contributed by atoms with E-state index >= 15 is 4.39 Å². The molecule has 0 bridgehead atoms. The Labute approximate surface area is 198 Å². The van der Waals surface area contributed by atoms with Crippen molar-refractivity contribution in [1.82, 2.24) is 9.88 Å². The van der Waals surface area contributed by atoms with E-state index in [1.165, 1.54) is 34.0 Å². The van der Waals surface area contributed by atoms with Gasteiger partial charge in [-0.2, -0.15) is 0 Å². The van der Waals surface area contributed by atoms with Gasteiger partial charge < -0.3 is 4.90 Å². The monoisotopic (exact) mass is 486 g/mol. The SMILES string of the molecule is Cc1c(N(C)[C@H]2CCN([C@H]3CCc4ccccc43)C2)ccc(S(=O)(=O)Nc2cscn2)c1F. The summed E-state index contributed by atoms with van der Waals surface area (Å²) < 4.78 is 43.0. The second-order valence-electron chi connectivity index (χ2n) is 8.80. The molecule has 0 saturated carbocycles. The lowest BCUT2D eigenvalue weighted by Gasteiger charge is -2.30. The van der Waals surface area contributed by atoms with Crippen LogP contribution in [0.5, 0.6) is 0 Å². The van der Waals surface area contributed by atoms with E-state index in [9.17, 15) is 8.42 Å². The van der Waals surface area contributed by atoms with E-state index in [1.807, 2.05) is 7.05 Å². The largest absolute Gasteiger partial charge is 0.370 e. The number of rotatable bonds is 6. The van der Waals surface area contributed by atoms with E-state index in [4.69, 9.17) is 0 Å². The number of nitrogens with zero attached hydrogens (tertiary/aromatic N) is 3. The predicted molar refractivity (Wildman–Crippen MR) is 130 cm³/mol. The van der Waals surface area contributed by atoms with Crippen LogP contribution in [0.2, 0.25) is 0 Å². The van der Waals surface area contributed by atoms with Crippen molar-refractivity contribution in [3.05, 3.63) is 69.8 Å². The summed E-state index contributed by atoms with van der Waals surface area (Å²) in [4.78, 5) is 8.20. The van der Waals surface area contributed by atoms with Gasteiger partial charge in [0.25, 0.3) is 10.0 Å².